The Kier molecular flexibility index (Phi) is 2.36. The molecule has 0 aliphatic rings. The molecule has 0 radical (unpaired) electrons. The smallest absolute Gasteiger partial charge is 0.0702 e. The average molecular weight is 182 g/mol. The van der Waals surface area contributed by atoms with E-state index in [2.05, 4.69) is 16.5 Å². The summed E-state index contributed by atoms with van der Waals surface area (Å²) in [6.07, 6.45) is 7.07. The standard InChI is InChI=1S/C12H10N2/c1-2-12-11(4-3-7-14-12)10-5-8-13-9-6-10/h2-9H,1H2. The number of nitrogens with zero attached hydrogens (tertiary/aromatic N) is 2. The van der Waals surface area contributed by atoms with Gasteiger partial charge in [-0.1, -0.05) is 12.6 Å². The van der Waals surface area contributed by atoms with Crippen LogP contribution in [0.15, 0.2) is 49.4 Å². The number of aromatic nitrogens is 2. The number of hydrogen-bond acceptors (Lipinski definition) is 2. The number of hydrogen-bond donors (Lipinski definition) is 0. The van der Waals surface area contributed by atoms with Crippen molar-refractivity contribution < 1.29 is 0 Å². The highest BCUT2D eigenvalue weighted by atomic mass is 14.7. The van der Waals surface area contributed by atoms with Crippen LogP contribution in [0.3, 0.4) is 0 Å². The molecule has 2 aromatic rings. The third-order valence-electron chi connectivity index (χ3n) is 2.02. The molecule has 0 aromatic carbocycles. The lowest BCUT2D eigenvalue weighted by atomic mass is 10.1. The molecule has 0 unspecified atom stereocenters. The minimum atomic E-state index is 0.902. The Bertz CT molecular complexity index is 435. The zero-order valence-electron chi connectivity index (χ0n) is 7.72. The van der Waals surface area contributed by atoms with Gasteiger partial charge in [-0.25, -0.2) is 0 Å². The molecule has 0 aliphatic carbocycles. The summed E-state index contributed by atoms with van der Waals surface area (Å²) in [6.45, 7) is 3.74. The molecule has 0 aliphatic heterocycles. The summed E-state index contributed by atoms with van der Waals surface area (Å²) in [4.78, 5) is 8.22. The Morgan fingerprint density at radius 1 is 1.07 bits per heavy atom. The molecule has 0 N–H and O–H groups in total. The molecule has 2 aromatic heterocycles. The van der Waals surface area contributed by atoms with Gasteiger partial charge in [-0.2, -0.15) is 0 Å². The lowest BCUT2D eigenvalue weighted by Crippen LogP contribution is -1.86. The van der Waals surface area contributed by atoms with E-state index >= 15 is 0 Å². The van der Waals surface area contributed by atoms with Crippen molar-refractivity contribution in [3.63, 3.8) is 0 Å². The van der Waals surface area contributed by atoms with Gasteiger partial charge in [0, 0.05) is 24.2 Å². The molecule has 2 nitrogen and oxygen atoms in total. The van der Waals surface area contributed by atoms with Crippen molar-refractivity contribution in [2.45, 2.75) is 0 Å². The van der Waals surface area contributed by atoms with Crippen LogP contribution in [0.5, 0.6) is 0 Å². The molecule has 0 atom stereocenters. The summed E-state index contributed by atoms with van der Waals surface area (Å²) < 4.78 is 0. The summed E-state index contributed by atoms with van der Waals surface area (Å²) in [5, 5.41) is 0. The monoisotopic (exact) mass is 182 g/mol. The maximum absolute atomic E-state index is 4.24. The van der Waals surface area contributed by atoms with Crippen LogP contribution in [-0.2, 0) is 0 Å². The van der Waals surface area contributed by atoms with Gasteiger partial charge in [-0.05, 0) is 29.8 Å². The van der Waals surface area contributed by atoms with E-state index < -0.39 is 0 Å². The normalized spacial score (nSPS) is 9.71. The van der Waals surface area contributed by atoms with Crippen molar-refractivity contribution in [3.8, 4) is 11.1 Å². The minimum Gasteiger partial charge on any atom is -0.265 e. The van der Waals surface area contributed by atoms with Crippen LogP contribution in [0.25, 0.3) is 17.2 Å². The quantitative estimate of drug-likeness (QED) is 0.713. The molecule has 0 fully saturated rings. The van der Waals surface area contributed by atoms with Gasteiger partial charge in [0.15, 0.2) is 0 Å². The molecule has 0 amide bonds. The number of pyridine rings is 2. The topological polar surface area (TPSA) is 25.8 Å². The third-order valence-corrected chi connectivity index (χ3v) is 2.02. The van der Waals surface area contributed by atoms with E-state index in [4.69, 9.17) is 0 Å². The van der Waals surface area contributed by atoms with Crippen LogP contribution in [0, 0.1) is 0 Å². The van der Waals surface area contributed by atoms with Gasteiger partial charge in [-0.3, -0.25) is 9.97 Å². The Morgan fingerprint density at radius 2 is 1.86 bits per heavy atom. The summed E-state index contributed by atoms with van der Waals surface area (Å²) in [7, 11) is 0. The molecular weight excluding hydrogens is 172 g/mol. The molecule has 2 rings (SSSR count). The van der Waals surface area contributed by atoms with Crippen molar-refractivity contribution in [2.24, 2.45) is 0 Å². The molecule has 0 saturated carbocycles. The Balaban J connectivity index is 2.57. The zero-order valence-corrected chi connectivity index (χ0v) is 7.72. The van der Waals surface area contributed by atoms with Crippen LogP contribution in [0.1, 0.15) is 5.69 Å². The fraction of sp³-hybridized carbons (Fsp3) is 0. The van der Waals surface area contributed by atoms with Gasteiger partial charge in [0.2, 0.25) is 0 Å². The summed E-state index contributed by atoms with van der Waals surface area (Å²) in [5.41, 5.74) is 3.10. The highest BCUT2D eigenvalue weighted by Crippen LogP contribution is 2.21. The van der Waals surface area contributed by atoms with Crippen LogP contribution < -0.4 is 0 Å². The fourth-order valence-corrected chi connectivity index (χ4v) is 1.36. The third kappa shape index (κ3) is 1.55. The first-order valence-corrected chi connectivity index (χ1v) is 4.39. The van der Waals surface area contributed by atoms with E-state index in [1.54, 1.807) is 24.7 Å². The van der Waals surface area contributed by atoms with Crippen LogP contribution in [-0.4, -0.2) is 9.97 Å². The fourth-order valence-electron chi connectivity index (χ4n) is 1.36. The van der Waals surface area contributed by atoms with Crippen LogP contribution in [0.2, 0.25) is 0 Å². The van der Waals surface area contributed by atoms with Crippen LogP contribution in [0.4, 0.5) is 0 Å². The molecule has 2 heterocycles. The lowest BCUT2D eigenvalue weighted by molar-refractivity contribution is 1.28. The Labute approximate surface area is 83.0 Å². The molecule has 14 heavy (non-hydrogen) atoms. The van der Waals surface area contributed by atoms with Crippen molar-refractivity contribution in [1.29, 1.82) is 0 Å². The Morgan fingerprint density at radius 3 is 2.57 bits per heavy atom. The van der Waals surface area contributed by atoms with Gasteiger partial charge in [0.1, 0.15) is 0 Å². The second-order valence-corrected chi connectivity index (χ2v) is 2.88. The zero-order chi connectivity index (χ0) is 9.80. The van der Waals surface area contributed by atoms with Crippen LogP contribution >= 0.6 is 0 Å². The van der Waals surface area contributed by atoms with Crippen molar-refractivity contribution in [2.75, 3.05) is 0 Å². The molecule has 0 saturated heterocycles. The highest BCUT2D eigenvalue weighted by molar-refractivity contribution is 5.71. The maximum atomic E-state index is 4.24. The van der Waals surface area contributed by atoms with E-state index in [1.165, 1.54) is 0 Å². The van der Waals surface area contributed by atoms with E-state index in [1.807, 2.05) is 24.3 Å². The second kappa shape index (κ2) is 3.83. The lowest BCUT2D eigenvalue weighted by Gasteiger charge is -2.03. The summed E-state index contributed by atoms with van der Waals surface area (Å²) in [5.74, 6) is 0. The summed E-state index contributed by atoms with van der Waals surface area (Å²) in [6, 6.07) is 7.87. The van der Waals surface area contributed by atoms with Gasteiger partial charge < -0.3 is 0 Å². The van der Waals surface area contributed by atoms with Gasteiger partial charge in [0.25, 0.3) is 0 Å². The average Bonchev–Trinajstić information content (AvgIpc) is 2.30. The van der Waals surface area contributed by atoms with E-state index in [0.29, 0.717) is 0 Å². The molecule has 68 valence electrons. The van der Waals surface area contributed by atoms with Gasteiger partial charge in [-0.15, -0.1) is 0 Å². The first-order chi connectivity index (χ1) is 6.92. The largest absolute Gasteiger partial charge is 0.265 e. The maximum Gasteiger partial charge on any atom is 0.0702 e. The number of rotatable bonds is 2. The SMILES string of the molecule is C=Cc1ncccc1-c1ccncc1. The molecule has 0 spiro atoms. The van der Waals surface area contributed by atoms with Crippen molar-refractivity contribution in [3.05, 3.63) is 55.1 Å². The molecular formula is C12H10N2. The van der Waals surface area contributed by atoms with E-state index in [0.717, 1.165) is 16.8 Å². The first-order valence-electron chi connectivity index (χ1n) is 4.39. The minimum absolute atomic E-state index is 0.902. The second-order valence-electron chi connectivity index (χ2n) is 2.88. The predicted molar refractivity (Wildman–Crippen MR) is 57.6 cm³/mol. The molecule has 2 heteroatoms. The predicted octanol–water partition coefficient (Wildman–Crippen LogP) is 2.79. The summed E-state index contributed by atoms with van der Waals surface area (Å²) >= 11 is 0. The Hall–Kier alpha value is -1.96. The van der Waals surface area contributed by atoms with Crippen molar-refractivity contribution >= 4 is 6.08 Å². The molecule has 0 bridgehead atoms. The van der Waals surface area contributed by atoms with E-state index in [-0.39, 0.29) is 0 Å². The first kappa shape index (κ1) is 8.63. The van der Waals surface area contributed by atoms with Crippen molar-refractivity contribution in [1.82, 2.24) is 9.97 Å². The van der Waals surface area contributed by atoms with Gasteiger partial charge in [0.05, 0.1) is 5.69 Å². The van der Waals surface area contributed by atoms with E-state index in [9.17, 15) is 0 Å². The highest BCUT2D eigenvalue weighted by Gasteiger charge is 2.01. The van der Waals surface area contributed by atoms with Gasteiger partial charge >= 0.3 is 0 Å².